The molecule has 0 aliphatic rings. The van der Waals surface area contributed by atoms with Gasteiger partial charge in [0.25, 0.3) is 0 Å². The van der Waals surface area contributed by atoms with E-state index < -0.39 is 11.9 Å². The third-order valence-corrected chi connectivity index (χ3v) is 0.287. The third kappa shape index (κ3) is 17.6. The topological polar surface area (TPSA) is 43.4 Å². The first-order valence-electron chi connectivity index (χ1n) is 1.82. The Morgan fingerprint density at radius 2 is 1.22 bits per heavy atom. The molecule has 0 rings (SSSR count). The van der Waals surface area contributed by atoms with Gasteiger partial charge in [-0.15, -0.1) is 0 Å². The Morgan fingerprint density at radius 1 is 1.00 bits per heavy atom. The van der Waals surface area contributed by atoms with Crippen LogP contribution in [0.5, 0.6) is 0 Å². The van der Waals surface area contributed by atoms with E-state index in [-0.39, 0.29) is 59.1 Å². The van der Waals surface area contributed by atoms with E-state index >= 15 is 0 Å². The first-order valence-corrected chi connectivity index (χ1v) is 1.82. The second kappa shape index (κ2) is 9.14. The van der Waals surface area contributed by atoms with Gasteiger partial charge in [0.05, 0.1) is 0 Å². The van der Waals surface area contributed by atoms with Crippen molar-refractivity contribution in [3.63, 3.8) is 0 Å². The number of hydrogen-bond acceptors (Lipinski definition) is 3. The molecule has 0 aromatic carbocycles. The number of hydrogen-bond donors (Lipinski definition) is 0. The van der Waals surface area contributed by atoms with E-state index in [1.165, 1.54) is 13.8 Å². The van der Waals surface area contributed by atoms with Crippen molar-refractivity contribution in [1.29, 1.82) is 0 Å². The molecular formula is C4H8Na2O3. The number of esters is 2. The van der Waals surface area contributed by atoms with E-state index in [0.717, 1.165) is 0 Å². The van der Waals surface area contributed by atoms with Crippen LogP contribution in [0.4, 0.5) is 0 Å². The molecule has 5 heteroatoms. The molecule has 0 heterocycles. The Labute approximate surface area is 98.1 Å². The Kier molecular flexibility index (Phi) is 16.9. The second-order valence-corrected chi connectivity index (χ2v) is 1.09. The maximum atomic E-state index is 9.81. The van der Waals surface area contributed by atoms with E-state index in [4.69, 9.17) is 0 Å². The fourth-order valence-corrected chi connectivity index (χ4v) is 0.202. The van der Waals surface area contributed by atoms with Crippen LogP contribution in [0.1, 0.15) is 13.8 Å². The molecule has 44 valence electrons. The van der Waals surface area contributed by atoms with Crippen LogP contribution in [0, 0.1) is 0 Å². The van der Waals surface area contributed by atoms with Crippen LogP contribution in [-0.2, 0) is 14.3 Å². The van der Waals surface area contributed by atoms with Gasteiger partial charge in [-0.1, -0.05) is 0 Å². The molecule has 0 N–H and O–H groups in total. The summed E-state index contributed by atoms with van der Waals surface area (Å²) in [5, 5.41) is 0. The summed E-state index contributed by atoms with van der Waals surface area (Å²) in [7, 11) is 0. The van der Waals surface area contributed by atoms with Crippen molar-refractivity contribution in [2.75, 3.05) is 0 Å². The molecular weight excluding hydrogens is 142 g/mol. The SMILES string of the molecule is CC(=O)OC(C)=O.[NaH].[NaH]. The van der Waals surface area contributed by atoms with Gasteiger partial charge in [0.1, 0.15) is 0 Å². The Balaban J connectivity index is -0.000000180. The molecule has 0 aliphatic carbocycles. The summed E-state index contributed by atoms with van der Waals surface area (Å²) in [6.45, 7) is 2.36. The monoisotopic (exact) mass is 150 g/mol. The van der Waals surface area contributed by atoms with Crippen molar-refractivity contribution in [2.45, 2.75) is 13.8 Å². The first kappa shape index (κ1) is 16.6. The second-order valence-electron chi connectivity index (χ2n) is 1.09. The quantitative estimate of drug-likeness (QED) is 0.247. The molecule has 0 aromatic heterocycles. The molecule has 0 saturated heterocycles. The predicted molar refractivity (Wildman–Crippen MR) is 36.7 cm³/mol. The molecule has 9 heavy (non-hydrogen) atoms. The fraction of sp³-hybridized carbons (Fsp3) is 0.500. The van der Waals surface area contributed by atoms with Crippen molar-refractivity contribution in [1.82, 2.24) is 0 Å². The van der Waals surface area contributed by atoms with Crippen molar-refractivity contribution in [3.05, 3.63) is 0 Å². The van der Waals surface area contributed by atoms with Gasteiger partial charge in [0, 0.05) is 13.8 Å². The number of carbonyl (C=O) groups excluding carboxylic acids is 2. The van der Waals surface area contributed by atoms with E-state index in [1.54, 1.807) is 0 Å². The zero-order valence-corrected chi connectivity index (χ0v) is 4.22. The van der Waals surface area contributed by atoms with Gasteiger partial charge in [0.15, 0.2) is 0 Å². The molecule has 0 atom stereocenters. The van der Waals surface area contributed by atoms with E-state index in [2.05, 4.69) is 4.74 Å². The molecule has 0 unspecified atom stereocenters. The molecule has 0 aromatic rings. The number of rotatable bonds is 0. The Hall–Kier alpha value is 1.14. The molecule has 3 nitrogen and oxygen atoms in total. The predicted octanol–water partition coefficient (Wildman–Crippen LogP) is -1.20. The van der Waals surface area contributed by atoms with Gasteiger partial charge in [-0.2, -0.15) is 0 Å². The van der Waals surface area contributed by atoms with Crippen LogP contribution in [-0.4, -0.2) is 71.1 Å². The summed E-state index contributed by atoms with van der Waals surface area (Å²) in [4.78, 5) is 19.6. The van der Waals surface area contributed by atoms with Crippen LogP contribution in [0.15, 0.2) is 0 Å². The third-order valence-electron chi connectivity index (χ3n) is 0.287. The van der Waals surface area contributed by atoms with Crippen LogP contribution >= 0.6 is 0 Å². The van der Waals surface area contributed by atoms with Crippen molar-refractivity contribution >= 4 is 71.1 Å². The summed E-state index contributed by atoms with van der Waals surface area (Å²) in [6, 6.07) is 0. The molecule has 0 bridgehead atoms. The normalized spacial score (nSPS) is 6.00. The van der Waals surface area contributed by atoms with Crippen LogP contribution in [0.3, 0.4) is 0 Å². The first-order chi connectivity index (χ1) is 3.13. The van der Waals surface area contributed by atoms with Gasteiger partial charge in [-0.05, 0) is 0 Å². The Bertz CT molecular complexity index is 90.0. The maximum absolute atomic E-state index is 9.81. The fourth-order valence-electron chi connectivity index (χ4n) is 0.202. The molecule has 0 amide bonds. The number of ether oxygens (including phenoxy) is 1. The standard InChI is InChI=1S/C4H6O3.2Na.2H/c1-3(5)7-4(2)6;;;;/h1-2H3;;;;. The zero-order valence-electron chi connectivity index (χ0n) is 4.22. The summed E-state index contributed by atoms with van der Waals surface area (Å²) in [5.41, 5.74) is 0. The number of carbonyl (C=O) groups is 2. The van der Waals surface area contributed by atoms with Crippen molar-refractivity contribution < 1.29 is 14.3 Å². The minimum atomic E-state index is -0.562. The van der Waals surface area contributed by atoms with Crippen LogP contribution in [0.2, 0.25) is 0 Å². The van der Waals surface area contributed by atoms with E-state index in [9.17, 15) is 9.59 Å². The summed E-state index contributed by atoms with van der Waals surface area (Å²) in [6.07, 6.45) is 0. The van der Waals surface area contributed by atoms with Gasteiger partial charge in [0.2, 0.25) is 0 Å². The molecule has 0 radical (unpaired) electrons. The van der Waals surface area contributed by atoms with E-state index in [1.807, 2.05) is 0 Å². The zero-order chi connectivity index (χ0) is 5.86. The summed E-state index contributed by atoms with van der Waals surface area (Å²) in [5.74, 6) is -1.12. The molecule has 0 fully saturated rings. The Morgan fingerprint density at radius 3 is 1.22 bits per heavy atom. The minimum absolute atomic E-state index is 0. The van der Waals surface area contributed by atoms with E-state index in [0.29, 0.717) is 0 Å². The summed E-state index contributed by atoms with van der Waals surface area (Å²) < 4.78 is 3.97. The molecule has 0 spiro atoms. The molecule has 0 saturated carbocycles. The van der Waals surface area contributed by atoms with Crippen LogP contribution in [0.25, 0.3) is 0 Å². The van der Waals surface area contributed by atoms with Gasteiger partial charge in [-0.25, -0.2) is 0 Å². The van der Waals surface area contributed by atoms with Gasteiger partial charge < -0.3 is 4.74 Å². The van der Waals surface area contributed by atoms with Gasteiger partial charge in [-0.3, -0.25) is 9.59 Å². The van der Waals surface area contributed by atoms with Crippen molar-refractivity contribution in [3.8, 4) is 0 Å². The summed E-state index contributed by atoms with van der Waals surface area (Å²) >= 11 is 0. The average Bonchev–Trinajstić information content (AvgIpc) is 1.27. The van der Waals surface area contributed by atoms with Crippen LogP contribution < -0.4 is 0 Å². The van der Waals surface area contributed by atoms with Gasteiger partial charge >= 0.3 is 71.1 Å². The average molecular weight is 150 g/mol. The van der Waals surface area contributed by atoms with Crippen molar-refractivity contribution in [2.24, 2.45) is 0 Å². The molecule has 0 aliphatic heterocycles.